The minimum Gasteiger partial charge on any atom is -0.404 e. The van der Waals surface area contributed by atoms with Crippen LogP contribution in [0, 0.1) is 5.92 Å². The van der Waals surface area contributed by atoms with E-state index in [0.29, 0.717) is 5.92 Å². The van der Waals surface area contributed by atoms with E-state index in [-0.39, 0.29) is 6.04 Å². The Morgan fingerprint density at radius 1 is 0.886 bits per heavy atom. The minimum absolute atomic E-state index is 0.0356. The second kappa shape index (κ2) is 11.6. The molecule has 3 unspecified atom stereocenters. The van der Waals surface area contributed by atoms with Crippen LogP contribution in [0.15, 0.2) is 169 Å². The van der Waals surface area contributed by atoms with Gasteiger partial charge in [0.25, 0.3) is 0 Å². The summed E-state index contributed by atoms with van der Waals surface area (Å²) in [7, 11) is 0. The molecular weight excluding hydrogens is 532 g/mol. The van der Waals surface area contributed by atoms with Gasteiger partial charge in [0.2, 0.25) is 0 Å². The molecule has 3 atom stereocenters. The fourth-order valence-corrected chi connectivity index (χ4v) is 7.48. The van der Waals surface area contributed by atoms with Crippen molar-refractivity contribution in [3.8, 4) is 11.1 Å². The second-order valence-corrected chi connectivity index (χ2v) is 12.0. The molecule has 2 heteroatoms. The predicted octanol–water partition coefficient (Wildman–Crippen LogP) is 9.31. The maximum atomic E-state index is 6.48. The van der Waals surface area contributed by atoms with E-state index < -0.39 is 5.41 Å². The zero-order valence-corrected chi connectivity index (χ0v) is 25.0. The lowest BCUT2D eigenvalue weighted by atomic mass is 9.63. The molecule has 0 radical (unpaired) electrons. The largest absolute Gasteiger partial charge is 0.404 e. The van der Waals surface area contributed by atoms with Gasteiger partial charge in [0.15, 0.2) is 0 Å². The van der Waals surface area contributed by atoms with Crippen LogP contribution in [0.5, 0.6) is 0 Å². The van der Waals surface area contributed by atoms with E-state index in [1.807, 2.05) is 6.08 Å². The summed E-state index contributed by atoms with van der Waals surface area (Å²) >= 11 is 0. The fourth-order valence-electron chi connectivity index (χ4n) is 7.48. The topological polar surface area (TPSA) is 52.0 Å². The fraction of sp³-hybridized carbons (Fsp3) is 0.143. The molecular formula is C42H38N2. The van der Waals surface area contributed by atoms with E-state index >= 15 is 0 Å². The summed E-state index contributed by atoms with van der Waals surface area (Å²) in [4.78, 5) is 0. The third kappa shape index (κ3) is 4.54. The van der Waals surface area contributed by atoms with Crippen LogP contribution >= 0.6 is 0 Å². The Morgan fingerprint density at radius 2 is 1.73 bits per heavy atom. The van der Waals surface area contributed by atoms with Crippen molar-refractivity contribution in [3.63, 3.8) is 0 Å². The van der Waals surface area contributed by atoms with Crippen molar-refractivity contribution in [2.24, 2.45) is 17.4 Å². The molecule has 0 saturated heterocycles. The van der Waals surface area contributed by atoms with E-state index in [2.05, 4.69) is 134 Å². The Bertz CT molecular complexity index is 1930. The molecule has 0 amide bonds. The summed E-state index contributed by atoms with van der Waals surface area (Å²) in [5, 5.41) is 2.47. The van der Waals surface area contributed by atoms with Gasteiger partial charge in [-0.2, -0.15) is 0 Å². The van der Waals surface area contributed by atoms with E-state index in [0.717, 1.165) is 36.0 Å². The van der Waals surface area contributed by atoms with Crippen LogP contribution in [0.3, 0.4) is 0 Å². The first kappa shape index (κ1) is 27.9. The molecule has 0 bridgehead atoms. The van der Waals surface area contributed by atoms with Crippen molar-refractivity contribution in [1.29, 1.82) is 0 Å². The highest BCUT2D eigenvalue weighted by molar-refractivity contribution is 6.00. The molecule has 4 aliphatic carbocycles. The second-order valence-electron chi connectivity index (χ2n) is 12.0. The van der Waals surface area contributed by atoms with Gasteiger partial charge in [-0.15, -0.1) is 0 Å². The van der Waals surface area contributed by atoms with Gasteiger partial charge in [-0.05, 0) is 98.2 Å². The van der Waals surface area contributed by atoms with Gasteiger partial charge in [0.05, 0.1) is 5.41 Å². The Morgan fingerprint density at radius 3 is 2.55 bits per heavy atom. The average Bonchev–Trinajstić information content (AvgIpc) is 3.36. The Balaban J connectivity index is 1.41. The maximum absolute atomic E-state index is 6.48. The van der Waals surface area contributed by atoms with Gasteiger partial charge in [-0.1, -0.05) is 134 Å². The number of hydrogen-bond acceptors (Lipinski definition) is 2. The van der Waals surface area contributed by atoms with E-state index in [1.54, 1.807) is 6.20 Å². The predicted molar refractivity (Wildman–Crippen MR) is 188 cm³/mol. The van der Waals surface area contributed by atoms with Crippen LogP contribution in [0.4, 0.5) is 0 Å². The number of fused-ring (bicyclic) bond motifs is 7. The number of nitrogens with two attached hydrogens (primary N) is 2. The first-order valence-corrected chi connectivity index (χ1v) is 15.6. The smallest absolute Gasteiger partial charge is 0.0677 e. The van der Waals surface area contributed by atoms with Crippen LogP contribution in [0.25, 0.3) is 27.5 Å². The zero-order chi connectivity index (χ0) is 30.1. The average molecular weight is 571 g/mol. The zero-order valence-electron chi connectivity index (χ0n) is 25.0. The molecule has 4 aliphatic rings. The van der Waals surface area contributed by atoms with Crippen molar-refractivity contribution in [3.05, 3.63) is 186 Å². The molecule has 216 valence electrons. The van der Waals surface area contributed by atoms with Crippen molar-refractivity contribution in [1.82, 2.24) is 0 Å². The van der Waals surface area contributed by atoms with Crippen LogP contribution < -0.4 is 11.5 Å². The lowest BCUT2D eigenvalue weighted by molar-refractivity contribution is 0.579. The summed E-state index contributed by atoms with van der Waals surface area (Å²) in [6.07, 6.45) is 34.8. The van der Waals surface area contributed by atoms with Crippen molar-refractivity contribution < 1.29 is 0 Å². The van der Waals surface area contributed by atoms with Gasteiger partial charge in [0, 0.05) is 12.2 Å². The molecule has 4 N–H and O–H groups in total. The quantitative estimate of drug-likeness (QED) is 0.300. The standard InChI is InChI=1S/C42H38N2/c1-29-14-5-6-15-30-16-9-11-23-37(30)42(29)38-24-13-22-35(41(38)36-26-32-19-7-8-20-33(32)27-39(36)42)34(28-43)21-10-12-25-40(44)31-17-3-2-4-18-31/h2-10,12-17,19-22,24-28,31,40H,1,11,18,23,43-44H2/b14-5-,15-6-,21-10-,25-12+,34-28+. The van der Waals surface area contributed by atoms with Crippen LogP contribution in [0.2, 0.25) is 0 Å². The third-order valence-corrected chi connectivity index (χ3v) is 9.57. The molecule has 3 aromatic rings. The summed E-state index contributed by atoms with van der Waals surface area (Å²) < 4.78 is 0. The molecule has 0 aromatic heterocycles. The number of hydrogen-bond donors (Lipinski definition) is 2. The lowest BCUT2D eigenvalue weighted by Crippen LogP contribution is -2.31. The molecule has 7 rings (SSSR count). The lowest BCUT2D eigenvalue weighted by Gasteiger charge is -2.39. The van der Waals surface area contributed by atoms with Gasteiger partial charge in [-0.25, -0.2) is 0 Å². The van der Waals surface area contributed by atoms with E-state index in [4.69, 9.17) is 18.0 Å². The van der Waals surface area contributed by atoms with Crippen molar-refractivity contribution in [2.75, 3.05) is 0 Å². The minimum atomic E-state index is -0.468. The first-order chi connectivity index (χ1) is 21.6. The number of rotatable bonds is 5. The molecule has 0 heterocycles. The van der Waals surface area contributed by atoms with Gasteiger partial charge in [-0.3, -0.25) is 0 Å². The van der Waals surface area contributed by atoms with Crippen molar-refractivity contribution in [2.45, 2.75) is 30.7 Å². The summed E-state index contributed by atoms with van der Waals surface area (Å²) in [6.45, 7) is 4.77. The van der Waals surface area contributed by atoms with Crippen LogP contribution in [0.1, 0.15) is 36.0 Å². The third-order valence-electron chi connectivity index (χ3n) is 9.57. The monoisotopic (exact) mass is 570 g/mol. The molecule has 0 saturated carbocycles. The molecule has 1 spiro atoms. The highest BCUT2D eigenvalue weighted by Gasteiger charge is 2.49. The highest BCUT2D eigenvalue weighted by atomic mass is 14.6. The summed E-state index contributed by atoms with van der Waals surface area (Å²) in [5.41, 5.74) is 23.3. The summed E-state index contributed by atoms with van der Waals surface area (Å²) in [6, 6.07) is 20.1. The SMILES string of the molecule is C=C1/C=C\C=C/C2=C(CCC=C2)C12c1cc3ccccc3cc1-c1c(C(/C=C\C=C\C(N)C3C=CC=CC3)=C/N)cccc12. The molecule has 3 aromatic carbocycles. The molecule has 44 heavy (non-hydrogen) atoms. The van der Waals surface area contributed by atoms with Gasteiger partial charge >= 0.3 is 0 Å². The van der Waals surface area contributed by atoms with E-state index in [1.165, 1.54) is 44.2 Å². The Kier molecular flexibility index (Phi) is 7.37. The molecule has 2 nitrogen and oxygen atoms in total. The maximum Gasteiger partial charge on any atom is 0.0677 e. The van der Waals surface area contributed by atoms with Crippen molar-refractivity contribution >= 4 is 16.3 Å². The van der Waals surface area contributed by atoms with E-state index in [9.17, 15) is 0 Å². The van der Waals surface area contributed by atoms with Gasteiger partial charge in [0.1, 0.15) is 0 Å². The van der Waals surface area contributed by atoms with Crippen LogP contribution in [-0.2, 0) is 5.41 Å². The molecule has 0 fully saturated rings. The molecule has 0 aliphatic heterocycles. The normalized spacial score (nSPS) is 24.5. The highest BCUT2D eigenvalue weighted by Crippen LogP contribution is 2.60. The Labute approximate surface area is 260 Å². The summed E-state index contributed by atoms with van der Waals surface area (Å²) in [5.74, 6) is 0.323. The number of benzene rings is 3. The van der Waals surface area contributed by atoms with Crippen LogP contribution in [-0.4, -0.2) is 6.04 Å². The Hall–Kier alpha value is -4.92. The first-order valence-electron chi connectivity index (χ1n) is 15.6. The number of allylic oxidation sites excluding steroid dienone is 16. The van der Waals surface area contributed by atoms with Gasteiger partial charge < -0.3 is 11.5 Å².